The summed E-state index contributed by atoms with van der Waals surface area (Å²) in [5.41, 5.74) is 1.78. The molecule has 0 aromatic heterocycles. The number of aryl methyl sites for hydroxylation is 1. The van der Waals surface area contributed by atoms with Crippen molar-refractivity contribution in [2.24, 2.45) is 5.92 Å². The molecule has 17 heavy (non-hydrogen) atoms. The van der Waals surface area contributed by atoms with Crippen LogP contribution in [0.4, 0.5) is 4.39 Å². The third kappa shape index (κ3) is 4.47. The van der Waals surface area contributed by atoms with Gasteiger partial charge in [-0.25, -0.2) is 4.39 Å². The van der Waals surface area contributed by atoms with Gasteiger partial charge in [0.1, 0.15) is 5.82 Å². The summed E-state index contributed by atoms with van der Waals surface area (Å²) in [6.45, 7) is 9.33. The summed E-state index contributed by atoms with van der Waals surface area (Å²) >= 11 is 0. The molecule has 1 N–H and O–H groups in total. The van der Waals surface area contributed by atoms with Crippen molar-refractivity contribution >= 4 is 0 Å². The first kappa shape index (κ1) is 14.2. The van der Waals surface area contributed by atoms with Gasteiger partial charge in [0, 0.05) is 6.04 Å². The van der Waals surface area contributed by atoms with Crippen LogP contribution in [-0.2, 0) is 0 Å². The minimum absolute atomic E-state index is 0.102. The van der Waals surface area contributed by atoms with E-state index in [0.717, 1.165) is 24.9 Å². The minimum Gasteiger partial charge on any atom is -0.310 e. The van der Waals surface area contributed by atoms with Crippen LogP contribution in [0.15, 0.2) is 18.2 Å². The third-order valence-electron chi connectivity index (χ3n) is 2.95. The summed E-state index contributed by atoms with van der Waals surface area (Å²) in [5, 5.41) is 3.50. The van der Waals surface area contributed by atoms with E-state index in [1.165, 1.54) is 0 Å². The van der Waals surface area contributed by atoms with Crippen LogP contribution in [0.5, 0.6) is 0 Å². The van der Waals surface area contributed by atoms with E-state index in [9.17, 15) is 4.39 Å². The quantitative estimate of drug-likeness (QED) is 0.781. The lowest BCUT2D eigenvalue weighted by molar-refractivity contribution is 0.428. The fourth-order valence-electron chi connectivity index (χ4n) is 1.95. The Balaban J connectivity index is 2.83. The highest BCUT2D eigenvalue weighted by Gasteiger charge is 2.13. The average Bonchev–Trinajstić information content (AvgIpc) is 2.27. The summed E-state index contributed by atoms with van der Waals surface area (Å²) in [4.78, 5) is 0. The minimum atomic E-state index is -0.102. The van der Waals surface area contributed by atoms with Crippen molar-refractivity contribution in [3.63, 3.8) is 0 Å². The topological polar surface area (TPSA) is 12.0 Å². The molecule has 0 aliphatic rings. The summed E-state index contributed by atoms with van der Waals surface area (Å²) < 4.78 is 13.6. The van der Waals surface area contributed by atoms with E-state index in [0.29, 0.717) is 11.5 Å². The van der Waals surface area contributed by atoms with Gasteiger partial charge >= 0.3 is 0 Å². The first-order valence-electron chi connectivity index (χ1n) is 6.54. The van der Waals surface area contributed by atoms with Gasteiger partial charge in [-0.3, -0.25) is 0 Å². The fourth-order valence-corrected chi connectivity index (χ4v) is 1.95. The maximum Gasteiger partial charge on any atom is 0.126 e. The van der Waals surface area contributed by atoms with Crippen molar-refractivity contribution in [3.8, 4) is 0 Å². The van der Waals surface area contributed by atoms with Crippen LogP contribution in [0.3, 0.4) is 0 Å². The zero-order valence-corrected chi connectivity index (χ0v) is 11.4. The number of nitrogens with one attached hydrogen (secondary N) is 1. The number of rotatable bonds is 6. The third-order valence-corrected chi connectivity index (χ3v) is 2.95. The Kier molecular flexibility index (Phi) is 5.63. The fraction of sp³-hybridized carbons (Fsp3) is 0.600. The van der Waals surface area contributed by atoms with Crippen molar-refractivity contribution < 1.29 is 4.39 Å². The van der Waals surface area contributed by atoms with Gasteiger partial charge in [0.05, 0.1) is 0 Å². The predicted octanol–water partition coefficient (Wildman–Crippen LogP) is 4.22. The number of halogens is 1. The van der Waals surface area contributed by atoms with E-state index >= 15 is 0 Å². The Morgan fingerprint density at radius 2 is 2.00 bits per heavy atom. The van der Waals surface area contributed by atoms with Gasteiger partial charge in [-0.15, -0.1) is 0 Å². The number of hydrogen-bond acceptors (Lipinski definition) is 1. The monoisotopic (exact) mass is 237 g/mol. The molecule has 0 amide bonds. The molecule has 0 spiro atoms. The lowest BCUT2D eigenvalue weighted by atomic mass is 9.96. The summed E-state index contributed by atoms with van der Waals surface area (Å²) in [6.07, 6.45) is 2.14. The van der Waals surface area contributed by atoms with E-state index in [4.69, 9.17) is 0 Å². The van der Waals surface area contributed by atoms with Crippen LogP contribution in [0.25, 0.3) is 0 Å². The Bertz CT molecular complexity index is 347. The van der Waals surface area contributed by atoms with Crippen LogP contribution in [0, 0.1) is 18.7 Å². The van der Waals surface area contributed by atoms with Gasteiger partial charge in [0.15, 0.2) is 0 Å². The SMILES string of the molecule is CCCNC(CC(C)C)c1ccc(C)c(F)c1. The van der Waals surface area contributed by atoms with Gasteiger partial charge in [-0.1, -0.05) is 32.9 Å². The zero-order chi connectivity index (χ0) is 12.8. The lowest BCUT2D eigenvalue weighted by Crippen LogP contribution is -2.23. The van der Waals surface area contributed by atoms with Gasteiger partial charge < -0.3 is 5.32 Å². The molecule has 96 valence electrons. The maximum absolute atomic E-state index is 13.6. The molecular formula is C15H24FN. The van der Waals surface area contributed by atoms with Crippen molar-refractivity contribution in [1.29, 1.82) is 0 Å². The maximum atomic E-state index is 13.6. The van der Waals surface area contributed by atoms with Gasteiger partial charge in [0.25, 0.3) is 0 Å². The summed E-state index contributed by atoms with van der Waals surface area (Å²) in [6, 6.07) is 5.84. The van der Waals surface area contributed by atoms with Crippen LogP contribution >= 0.6 is 0 Å². The molecule has 0 aliphatic heterocycles. The Morgan fingerprint density at radius 3 is 2.53 bits per heavy atom. The number of hydrogen-bond donors (Lipinski definition) is 1. The smallest absolute Gasteiger partial charge is 0.126 e. The molecule has 1 unspecified atom stereocenters. The van der Waals surface area contributed by atoms with Gasteiger partial charge in [0.2, 0.25) is 0 Å². The van der Waals surface area contributed by atoms with Crippen LogP contribution < -0.4 is 5.32 Å². The second-order valence-electron chi connectivity index (χ2n) is 5.14. The second kappa shape index (κ2) is 6.75. The van der Waals surface area contributed by atoms with E-state index in [1.54, 1.807) is 13.0 Å². The summed E-state index contributed by atoms with van der Waals surface area (Å²) in [7, 11) is 0. The highest BCUT2D eigenvalue weighted by molar-refractivity contribution is 5.25. The molecule has 1 aromatic carbocycles. The van der Waals surface area contributed by atoms with E-state index in [-0.39, 0.29) is 11.9 Å². The largest absolute Gasteiger partial charge is 0.310 e. The van der Waals surface area contributed by atoms with Crippen LogP contribution in [0.2, 0.25) is 0 Å². The van der Waals surface area contributed by atoms with Gasteiger partial charge in [-0.2, -0.15) is 0 Å². The van der Waals surface area contributed by atoms with Crippen molar-refractivity contribution in [3.05, 3.63) is 35.1 Å². The second-order valence-corrected chi connectivity index (χ2v) is 5.14. The van der Waals surface area contributed by atoms with Crippen molar-refractivity contribution in [2.45, 2.75) is 46.6 Å². The van der Waals surface area contributed by atoms with Crippen molar-refractivity contribution in [2.75, 3.05) is 6.54 Å². The molecular weight excluding hydrogens is 213 g/mol. The molecule has 0 bridgehead atoms. The standard InChI is InChI=1S/C15H24FN/c1-5-8-17-15(9-11(2)3)13-7-6-12(4)14(16)10-13/h6-7,10-11,15,17H,5,8-9H2,1-4H3. The highest BCUT2D eigenvalue weighted by Crippen LogP contribution is 2.23. The molecule has 1 rings (SSSR count). The van der Waals surface area contributed by atoms with Crippen LogP contribution in [-0.4, -0.2) is 6.54 Å². The van der Waals surface area contributed by atoms with Crippen LogP contribution in [0.1, 0.15) is 50.8 Å². The Morgan fingerprint density at radius 1 is 1.29 bits per heavy atom. The molecule has 1 nitrogen and oxygen atoms in total. The molecule has 0 radical (unpaired) electrons. The zero-order valence-electron chi connectivity index (χ0n) is 11.4. The molecule has 2 heteroatoms. The molecule has 0 heterocycles. The van der Waals surface area contributed by atoms with E-state index in [1.807, 2.05) is 12.1 Å². The molecule has 0 fully saturated rings. The first-order valence-corrected chi connectivity index (χ1v) is 6.54. The predicted molar refractivity (Wildman–Crippen MR) is 71.6 cm³/mol. The molecule has 0 aliphatic carbocycles. The van der Waals surface area contributed by atoms with Crippen molar-refractivity contribution in [1.82, 2.24) is 5.32 Å². The molecule has 0 saturated carbocycles. The lowest BCUT2D eigenvalue weighted by Gasteiger charge is -2.21. The Hall–Kier alpha value is -0.890. The average molecular weight is 237 g/mol. The molecule has 0 saturated heterocycles. The van der Waals surface area contributed by atoms with Gasteiger partial charge in [-0.05, 0) is 49.4 Å². The number of benzene rings is 1. The molecule has 1 aromatic rings. The summed E-state index contributed by atoms with van der Waals surface area (Å²) in [5.74, 6) is 0.503. The normalized spacial score (nSPS) is 13.1. The first-order chi connectivity index (χ1) is 8.04. The Labute approximate surface area is 104 Å². The van der Waals surface area contributed by atoms with E-state index < -0.39 is 0 Å². The van der Waals surface area contributed by atoms with E-state index in [2.05, 4.69) is 26.1 Å². The highest BCUT2D eigenvalue weighted by atomic mass is 19.1. The molecule has 1 atom stereocenters.